The summed E-state index contributed by atoms with van der Waals surface area (Å²) in [5, 5.41) is 13.5. The minimum absolute atomic E-state index is 0.0985. The smallest absolute Gasteiger partial charge is 0.287 e. The maximum Gasteiger partial charge on any atom is 0.287 e. The molecule has 6 nitrogen and oxygen atoms in total. The molecule has 1 aromatic heterocycles. The number of carbonyl (C=O) groups excluding carboxylic acids is 1. The van der Waals surface area contributed by atoms with Crippen LogP contribution in [0.2, 0.25) is 0 Å². The van der Waals surface area contributed by atoms with E-state index in [-0.39, 0.29) is 17.3 Å². The lowest BCUT2D eigenvalue weighted by Crippen LogP contribution is -2.16. The molecule has 0 aliphatic heterocycles. The molecule has 0 saturated heterocycles. The summed E-state index contributed by atoms with van der Waals surface area (Å²) in [6, 6.07) is 7.00. The molecule has 104 valence electrons. The van der Waals surface area contributed by atoms with Crippen LogP contribution in [0, 0.1) is 24.0 Å². The molecule has 2 aromatic rings. The predicted octanol–water partition coefficient (Wildman–Crippen LogP) is 2.80. The zero-order chi connectivity index (χ0) is 14.9. The summed E-state index contributed by atoms with van der Waals surface area (Å²) in [6.45, 7) is 3.82. The molecule has 20 heavy (non-hydrogen) atoms. The van der Waals surface area contributed by atoms with Gasteiger partial charge in [0.1, 0.15) is 5.69 Å². The van der Waals surface area contributed by atoms with Crippen molar-refractivity contribution in [3.8, 4) is 0 Å². The average molecular weight is 273 g/mol. The molecule has 2 rings (SSSR count). The lowest BCUT2D eigenvalue weighted by atomic mass is 10.1. The number of hydrogen-bond acceptors (Lipinski definition) is 3. The highest BCUT2D eigenvalue weighted by atomic mass is 16.6. The highest BCUT2D eigenvalue weighted by molar-refractivity contribution is 6.04. The van der Waals surface area contributed by atoms with Crippen LogP contribution in [0.5, 0.6) is 0 Å². The molecule has 1 N–H and O–H groups in total. The van der Waals surface area contributed by atoms with Gasteiger partial charge in [-0.3, -0.25) is 14.9 Å². The fraction of sp³-hybridized carbons (Fsp3) is 0.214. The summed E-state index contributed by atoms with van der Waals surface area (Å²) in [4.78, 5) is 22.4. The standard InChI is InChI=1S/C14H15N3O3/c1-9-4-5-10(2)12(6-9)15-14(18)13-7-11(17(19)20)8-16(13)3/h4-8H,1-3H3,(H,15,18). The summed E-state index contributed by atoms with van der Waals surface area (Å²) >= 11 is 0. The van der Waals surface area contributed by atoms with Crippen LogP contribution >= 0.6 is 0 Å². The molecule has 1 heterocycles. The van der Waals surface area contributed by atoms with Gasteiger partial charge in [0.25, 0.3) is 11.6 Å². The number of hydrogen-bond donors (Lipinski definition) is 1. The van der Waals surface area contributed by atoms with Crippen LogP contribution in [0.15, 0.2) is 30.5 Å². The van der Waals surface area contributed by atoms with Gasteiger partial charge in [-0.1, -0.05) is 12.1 Å². The zero-order valence-corrected chi connectivity index (χ0v) is 11.5. The predicted molar refractivity (Wildman–Crippen MR) is 75.9 cm³/mol. The molecule has 1 amide bonds. The minimum Gasteiger partial charge on any atom is -0.340 e. The number of rotatable bonds is 3. The largest absolute Gasteiger partial charge is 0.340 e. The fourth-order valence-corrected chi connectivity index (χ4v) is 1.93. The number of aryl methyl sites for hydroxylation is 3. The third kappa shape index (κ3) is 2.69. The van der Waals surface area contributed by atoms with Crippen LogP contribution in [-0.4, -0.2) is 15.4 Å². The molecule has 0 saturated carbocycles. The van der Waals surface area contributed by atoms with Crippen molar-refractivity contribution in [2.45, 2.75) is 13.8 Å². The summed E-state index contributed by atoms with van der Waals surface area (Å²) in [5.41, 5.74) is 2.83. The Kier molecular flexibility index (Phi) is 3.56. The van der Waals surface area contributed by atoms with Gasteiger partial charge < -0.3 is 9.88 Å². The quantitative estimate of drug-likeness (QED) is 0.690. The molecule has 0 radical (unpaired) electrons. The zero-order valence-electron chi connectivity index (χ0n) is 11.5. The lowest BCUT2D eigenvalue weighted by Gasteiger charge is -2.09. The summed E-state index contributed by atoms with van der Waals surface area (Å²) in [5.74, 6) is -0.366. The van der Waals surface area contributed by atoms with Crippen LogP contribution in [0.25, 0.3) is 0 Å². The maximum atomic E-state index is 12.2. The van der Waals surface area contributed by atoms with Crippen LogP contribution in [-0.2, 0) is 7.05 Å². The minimum atomic E-state index is -0.519. The monoisotopic (exact) mass is 273 g/mol. The second kappa shape index (κ2) is 5.16. The number of aromatic nitrogens is 1. The van der Waals surface area contributed by atoms with E-state index in [0.29, 0.717) is 5.69 Å². The Bertz CT molecular complexity index is 689. The van der Waals surface area contributed by atoms with Crippen molar-refractivity contribution < 1.29 is 9.72 Å². The molecule has 0 unspecified atom stereocenters. The van der Waals surface area contributed by atoms with Crippen LogP contribution in [0.4, 0.5) is 11.4 Å². The first-order valence-electron chi connectivity index (χ1n) is 6.08. The van der Waals surface area contributed by atoms with Crippen molar-refractivity contribution in [3.05, 3.63) is 57.4 Å². The van der Waals surface area contributed by atoms with E-state index >= 15 is 0 Å². The first-order valence-corrected chi connectivity index (χ1v) is 6.08. The van der Waals surface area contributed by atoms with Crippen LogP contribution in [0.1, 0.15) is 21.6 Å². The molecule has 0 aliphatic carbocycles. The third-order valence-corrected chi connectivity index (χ3v) is 3.08. The number of carbonyl (C=O) groups is 1. The van der Waals surface area contributed by atoms with Gasteiger partial charge in [0, 0.05) is 18.8 Å². The van der Waals surface area contributed by atoms with Gasteiger partial charge in [-0.15, -0.1) is 0 Å². The van der Waals surface area contributed by atoms with Gasteiger partial charge in [0.15, 0.2) is 0 Å². The van der Waals surface area contributed by atoms with Crippen molar-refractivity contribution in [3.63, 3.8) is 0 Å². The number of nitrogens with one attached hydrogen (secondary N) is 1. The topological polar surface area (TPSA) is 77.2 Å². The van der Waals surface area contributed by atoms with E-state index in [0.717, 1.165) is 11.1 Å². The number of amides is 1. The van der Waals surface area contributed by atoms with Gasteiger partial charge >= 0.3 is 0 Å². The van der Waals surface area contributed by atoms with E-state index in [1.807, 2.05) is 32.0 Å². The van der Waals surface area contributed by atoms with Crippen LogP contribution < -0.4 is 5.32 Å². The Morgan fingerprint density at radius 1 is 1.30 bits per heavy atom. The van der Waals surface area contributed by atoms with Crippen molar-refractivity contribution in [2.24, 2.45) is 7.05 Å². The van der Waals surface area contributed by atoms with E-state index < -0.39 is 4.92 Å². The molecule has 0 aliphatic rings. The molecule has 1 aromatic carbocycles. The molecule has 0 spiro atoms. The lowest BCUT2D eigenvalue weighted by molar-refractivity contribution is -0.384. The molecule has 6 heteroatoms. The number of nitro groups is 1. The van der Waals surface area contributed by atoms with Gasteiger partial charge in [-0.25, -0.2) is 0 Å². The van der Waals surface area contributed by atoms with E-state index in [9.17, 15) is 14.9 Å². The number of anilines is 1. The molecular weight excluding hydrogens is 258 g/mol. The first kappa shape index (κ1) is 13.8. The van der Waals surface area contributed by atoms with Crippen molar-refractivity contribution in [2.75, 3.05) is 5.32 Å². The van der Waals surface area contributed by atoms with Crippen molar-refractivity contribution in [1.29, 1.82) is 0 Å². The highest BCUT2D eigenvalue weighted by Crippen LogP contribution is 2.20. The second-order valence-electron chi connectivity index (χ2n) is 4.72. The molecular formula is C14H15N3O3. The first-order chi connectivity index (χ1) is 9.38. The van der Waals surface area contributed by atoms with E-state index in [2.05, 4.69) is 5.32 Å². The van der Waals surface area contributed by atoms with Gasteiger partial charge in [0.05, 0.1) is 11.1 Å². The van der Waals surface area contributed by atoms with Gasteiger partial charge in [-0.2, -0.15) is 0 Å². The van der Waals surface area contributed by atoms with Crippen molar-refractivity contribution in [1.82, 2.24) is 4.57 Å². The van der Waals surface area contributed by atoms with E-state index in [1.54, 1.807) is 7.05 Å². The Morgan fingerprint density at radius 3 is 2.60 bits per heavy atom. The van der Waals surface area contributed by atoms with E-state index in [1.165, 1.54) is 16.8 Å². The number of nitrogens with zero attached hydrogens (tertiary/aromatic N) is 2. The highest BCUT2D eigenvalue weighted by Gasteiger charge is 2.18. The normalized spacial score (nSPS) is 10.3. The number of benzene rings is 1. The van der Waals surface area contributed by atoms with E-state index in [4.69, 9.17) is 0 Å². The van der Waals surface area contributed by atoms with Gasteiger partial charge in [0.2, 0.25) is 0 Å². The Hall–Kier alpha value is -2.63. The molecule has 0 atom stereocenters. The second-order valence-corrected chi connectivity index (χ2v) is 4.72. The molecule has 0 bridgehead atoms. The fourth-order valence-electron chi connectivity index (χ4n) is 1.93. The average Bonchev–Trinajstić information content (AvgIpc) is 2.76. The van der Waals surface area contributed by atoms with Crippen LogP contribution in [0.3, 0.4) is 0 Å². The third-order valence-electron chi connectivity index (χ3n) is 3.08. The maximum absolute atomic E-state index is 12.2. The summed E-state index contributed by atoms with van der Waals surface area (Å²) in [6.07, 6.45) is 1.32. The Morgan fingerprint density at radius 2 is 2.00 bits per heavy atom. The van der Waals surface area contributed by atoms with Gasteiger partial charge in [-0.05, 0) is 31.0 Å². The summed E-state index contributed by atoms with van der Waals surface area (Å²) < 4.78 is 1.44. The Balaban J connectivity index is 2.28. The Labute approximate surface area is 116 Å². The van der Waals surface area contributed by atoms with Crippen molar-refractivity contribution >= 4 is 17.3 Å². The molecule has 0 fully saturated rings. The summed E-state index contributed by atoms with van der Waals surface area (Å²) in [7, 11) is 1.60. The SMILES string of the molecule is Cc1ccc(C)c(NC(=O)c2cc([N+](=O)[O-])cn2C)c1.